The second-order valence-electron chi connectivity index (χ2n) is 6.43. The third-order valence-corrected chi connectivity index (χ3v) is 5.87. The molecule has 0 atom stereocenters. The Labute approximate surface area is 171 Å². The van der Waals surface area contributed by atoms with Crippen molar-refractivity contribution in [1.29, 1.82) is 0 Å². The molecule has 0 aliphatic heterocycles. The van der Waals surface area contributed by atoms with E-state index < -0.39 is 0 Å². The third kappa shape index (κ3) is 3.35. The normalized spacial score (nSPS) is 11.2. The minimum atomic E-state index is -0.103. The number of benzene rings is 1. The molecule has 1 aromatic carbocycles. The Morgan fingerprint density at radius 3 is 2.89 bits per heavy atom. The van der Waals surface area contributed by atoms with Gasteiger partial charge in [0.05, 0.1) is 12.2 Å². The van der Waals surface area contributed by atoms with E-state index in [1.807, 2.05) is 41.8 Å². The van der Waals surface area contributed by atoms with E-state index in [9.17, 15) is 4.79 Å². The van der Waals surface area contributed by atoms with Gasteiger partial charge in [0.1, 0.15) is 18.1 Å². The molecule has 0 aliphatic rings. The maximum atomic E-state index is 12.8. The number of fused-ring (bicyclic) bond motifs is 1. The summed E-state index contributed by atoms with van der Waals surface area (Å²) in [5.41, 5.74) is 3.13. The SMILES string of the molecule is COCC(=O)c1c(C)nc(-c2cccnc2)n1Cc1csc2cccc(Cl)c12. The summed E-state index contributed by atoms with van der Waals surface area (Å²) in [5, 5.41) is 3.81. The summed E-state index contributed by atoms with van der Waals surface area (Å²) >= 11 is 8.11. The third-order valence-electron chi connectivity index (χ3n) is 4.55. The van der Waals surface area contributed by atoms with Gasteiger partial charge in [0.2, 0.25) is 5.78 Å². The van der Waals surface area contributed by atoms with Gasteiger partial charge in [0.25, 0.3) is 0 Å². The number of ether oxygens (including phenoxy) is 1. The lowest BCUT2D eigenvalue weighted by Crippen LogP contribution is -2.16. The van der Waals surface area contributed by atoms with E-state index in [1.165, 1.54) is 7.11 Å². The van der Waals surface area contributed by atoms with Crippen molar-refractivity contribution in [3.8, 4) is 11.4 Å². The van der Waals surface area contributed by atoms with Crippen LogP contribution in [-0.4, -0.2) is 34.0 Å². The van der Waals surface area contributed by atoms with E-state index in [1.54, 1.807) is 23.7 Å². The quantitative estimate of drug-likeness (QED) is 0.419. The van der Waals surface area contributed by atoms with Crippen LogP contribution in [0.2, 0.25) is 5.02 Å². The number of rotatable bonds is 6. The average molecular weight is 412 g/mol. The molecule has 0 aliphatic carbocycles. The van der Waals surface area contributed by atoms with Crippen molar-refractivity contribution in [2.24, 2.45) is 0 Å². The van der Waals surface area contributed by atoms with Crippen molar-refractivity contribution in [1.82, 2.24) is 14.5 Å². The van der Waals surface area contributed by atoms with E-state index >= 15 is 0 Å². The minimum absolute atomic E-state index is 0.00412. The fourth-order valence-corrected chi connectivity index (χ4v) is 4.72. The van der Waals surface area contributed by atoms with Crippen LogP contribution in [0.1, 0.15) is 21.7 Å². The highest BCUT2D eigenvalue weighted by molar-refractivity contribution is 7.17. The Morgan fingerprint density at radius 1 is 1.29 bits per heavy atom. The van der Waals surface area contributed by atoms with Crippen molar-refractivity contribution in [2.45, 2.75) is 13.5 Å². The second-order valence-corrected chi connectivity index (χ2v) is 7.75. The second kappa shape index (κ2) is 7.83. The zero-order valence-electron chi connectivity index (χ0n) is 15.5. The molecule has 142 valence electrons. The van der Waals surface area contributed by atoms with Crippen LogP contribution in [-0.2, 0) is 11.3 Å². The fourth-order valence-electron chi connectivity index (χ4n) is 3.39. The number of thiophene rings is 1. The fraction of sp³-hybridized carbons (Fsp3) is 0.190. The number of nitrogens with zero attached hydrogens (tertiary/aromatic N) is 3. The van der Waals surface area contributed by atoms with E-state index in [0.29, 0.717) is 28.8 Å². The first-order valence-electron chi connectivity index (χ1n) is 8.74. The molecule has 0 N–H and O–H groups in total. The number of carbonyl (C=O) groups is 1. The zero-order chi connectivity index (χ0) is 19.7. The Hall–Kier alpha value is -2.54. The summed E-state index contributed by atoms with van der Waals surface area (Å²) in [7, 11) is 1.52. The van der Waals surface area contributed by atoms with Gasteiger partial charge in [0.15, 0.2) is 0 Å². The van der Waals surface area contributed by atoms with Gasteiger partial charge >= 0.3 is 0 Å². The highest BCUT2D eigenvalue weighted by Gasteiger charge is 2.23. The van der Waals surface area contributed by atoms with Crippen LogP contribution in [0, 0.1) is 6.92 Å². The van der Waals surface area contributed by atoms with Crippen molar-refractivity contribution < 1.29 is 9.53 Å². The van der Waals surface area contributed by atoms with Crippen LogP contribution < -0.4 is 0 Å². The molecule has 0 amide bonds. The molecule has 0 radical (unpaired) electrons. The van der Waals surface area contributed by atoms with Crippen molar-refractivity contribution in [3.05, 3.63) is 70.1 Å². The molecule has 7 heteroatoms. The highest BCUT2D eigenvalue weighted by atomic mass is 35.5. The number of halogens is 1. The molecule has 0 saturated carbocycles. The van der Waals surface area contributed by atoms with E-state index in [2.05, 4.69) is 15.3 Å². The molecular formula is C21H18ClN3O2S. The number of aromatic nitrogens is 3. The van der Waals surface area contributed by atoms with Crippen molar-refractivity contribution in [2.75, 3.05) is 13.7 Å². The number of pyridine rings is 1. The summed E-state index contributed by atoms with van der Waals surface area (Å²) in [6, 6.07) is 9.68. The number of imidazole rings is 1. The molecule has 3 aromatic heterocycles. The number of carbonyl (C=O) groups excluding carboxylic acids is 1. The lowest BCUT2D eigenvalue weighted by Gasteiger charge is -2.12. The number of aryl methyl sites for hydroxylation is 1. The largest absolute Gasteiger partial charge is 0.376 e. The molecule has 0 bridgehead atoms. The molecule has 0 saturated heterocycles. The average Bonchev–Trinajstić information content (AvgIpc) is 3.25. The van der Waals surface area contributed by atoms with Gasteiger partial charge in [-0.3, -0.25) is 9.78 Å². The maximum absolute atomic E-state index is 12.8. The Morgan fingerprint density at radius 2 is 2.14 bits per heavy atom. The summed E-state index contributed by atoms with van der Waals surface area (Å²) in [6.07, 6.45) is 3.47. The van der Waals surface area contributed by atoms with Gasteiger partial charge in [-0.05, 0) is 42.1 Å². The summed E-state index contributed by atoms with van der Waals surface area (Å²) in [6.45, 7) is 2.34. The van der Waals surface area contributed by atoms with Gasteiger partial charge in [-0.25, -0.2) is 4.98 Å². The van der Waals surface area contributed by atoms with Crippen molar-refractivity contribution >= 4 is 38.8 Å². The first-order valence-corrected chi connectivity index (χ1v) is 10.00. The van der Waals surface area contributed by atoms with Crippen LogP contribution in [0.15, 0.2) is 48.1 Å². The number of methoxy groups -OCH3 is 1. The predicted octanol–water partition coefficient (Wildman–Crippen LogP) is 5.00. The maximum Gasteiger partial charge on any atom is 0.206 e. The number of ketones is 1. The van der Waals surface area contributed by atoms with E-state index in [0.717, 1.165) is 21.2 Å². The zero-order valence-corrected chi connectivity index (χ0v) is 17.0. The van der Waals surface area contributed by atoms with Gasteiger partial charge in [-0.15, -0.1) is 11.3 Å². The van der Waals surface area contributed by atoms with Gasteiger partial charge in [-0.1, -0.05) is 17.7 Å². The Balaban J connectivity index is 1.89. The first kappa shape index (κ1) is 18.8. The standard InChI is InChI=1S/C21H18ClN3O2S/c1-13-20(17(26)11-27-2)25(21(24-13)14-5-4-8-23-9-14)10-15-12-28-18-7-3-6-16(22)19(15)18/h3-9,12H,10-11H2,1-2H3. The molecule has 0 fully saturated rings. The van der Waals surface area contributed by atoms with Gasteiger partial charge in [0, 0.05) is 40.2 Å². The summed E-state index contributed by atoms with van der Waals surface area (Å²) in [4.78, 5) is 21.7. The molecule has 28 heavy (non-hydrogen) atoms. The Kier molecular flexibility index (Phi) is 5.26. The van der Waals surface area contributed by atoms with Crippen LogP contribution in [0.4, 0.5) is 0 Å². The van der Waals surface area contributed by atoms with Crippen LogP contribution in [0.25, 0.3) is 21.5 Å². The van der Waals surface area contributed by atoms with E-state index in [4.69, 9.17) is 16.3 Å². The number of Topliss-reactive ketones (excluding diaryl/α,β-unsaturated/α-hetero) is 1. The minimum Gasteiger partial charge on any atom is -0.376 e. The lowest BCUT2D eigenvalue weighted by atomic mass is 10.1. The molecule has 0 spiro atoms. The smallest absolute Gasteiger partial charge is 0.206 e. The molecule has 3 heterocycles. The molecular weight excluding hydrogens is 394 g/mol. The topological polar surface area (TPSA) is 57.0 Å². The molecule has 4 aromatic rings. The molecule has 5 nitrogen and oxygen atoms in total. The molecule has 4 rings (SSSR count). The molecule has 0 unspecified atom stereocenters. The summed E-state index contributed by atoms with van der Waals surface area (Å²) in [5.74, 6) is 0.602. The lowest BCUT2D eigenvalue weighted by molar-refractivity contribution is 0.0838. The number of hydrogen-bond donors (Lipinski definition) is 0. The van der Waals surface area contributed by atoms with E-state index in [-0.39, 0.29) is 12.4 Å². The van der Waals surface area contributed by atoms with Crippen LogP contribution >= 0.6 is 22.9 Å². The van der Waals surface area contributed by atoms with Crippen molar-refractivity contribution in [3.63, 3.8) is 0 Å². The van der Waals surface area contributed by atoms with Gasteiger partial charge in [-0.2, -0.15) is 0 Å². The van der Waals surface area contributed by atoms with Crippen LogP contribution in [0.5, 0.6) is 0 Å². The predicted molar refractivity (Wildman–Crippen MR) is 112 cm³/mol. The number of hydrogen-bond acceptors (Lipinski definition) is 5. The Bertz CT molecular complexity index is 1150. The summed E-state index contributed by atoms with van der Waals surface area (Å²) < 4.78 is 8.15. The monoisotopic (exact) mass is 411 g/mol. The highest BCUT2D eigenvalue weighted by Crippen LogP contribution is 2.34. The first-order chi connectivity index (χ1) is 13.6. The van der Waals surface area contributed by atoms with Crippen LogP contribution in [0.3, 0.4) is 0 Å². The van der Waals surface area contributed by atoms with Gasteiger partial charge < -0.3 is 9.30 Å².